The van der Waals surface area contributed by atoms with E-state index in [0.717, 1.165) is 0 Å². The van der Waals surface area contributed by atoms with E-state index in [4.69, 9.17) is 9.47 Å². The molecule has 1 amide bonds. The standard InChI is InChI=1S/C25H26FN3O4S/c26-19-7-2-4-9-21(19)29-23(31)18-6-1-3-8-20(18)27-24(29)34-17-5-10-22(30)28-13-11-25(12-14-28)32-15-16-33-25/h1-4,6-9H,5,10-17H2. The van der Waals surface area contributed by atoms with Gasteiger partial charge in [-0.05, 0) is 30.7 Å². The molecule has 34 heavy (non-hydrogen) atoms. The number of carbonyl (C=O) groups is 1. The second kappa shape index (κ2) is 9.85. The van der Waals surface area contributed by atoms with Crippen LogP contribution in [0, 0.1) is 5.82 Å². The molecule has 1 spiro atoms. The lowest BCUT2D eigenvalue weighted by Gasteiger charge is -2.37. The van der Waals surface area contributed by atoms with Crippen molar-refractivity contribution in [1.82, 2.24) is 14.5 Å². The van der Waals surface area contributed by atoms with Gasteiger partial charge in [0.15, 0.2) is 10.9 Å². The Bertz CT molecular complexity index is 1250. The molecule has 2 fully saturated rings. The second-order valence-corrected chi connectivity index (χ2v) is 9.51. The highest BCUT2D eigenvalue weighted by atomic mass is 32.2. The molecule has 0 unspecified atom stereocenters. The van der Waals surface area contributed by atoms with Gasteiger partial charge < -0.3 is 14.4 Å². The van der Waals surface area contributed by atoms with Gasteiger partial charge >= 0.3 is 0 Å². The summed E-state index contributed by atoms with van der Waals surface area (Å²) in [7, 11) is 0. The Hall–Kier alpha value is -2.75. The van der Waals surface area contributed by atoms with E-state index in [9.17, 15) is 14.0 Å². The topological polar surface area (TPSA) is 73.7 Å². The fraction of sp³-hybridized carbons (Fsp3) is 0.400. The van der Waals surface area contributed by atoms with Crippen molar-refractivity contribution in [2.24, 2.45) is 0 Å². The third kappa shape index (κ3) is 4.60. The summed E-state index contributed by atoms with van der Waals surface area (Å²) in [5, 5.41) is 0.847. The molecule has 0 aliphatic carbocycles. The molecular weight excluding hydrogens is 457 g/mol. The van der Waals surface area contributed by atoms with Gasteiger partial charge in [-0.3, -0.25) is 14.2 Å². The highest BCUT2D eigenvalue weighted by molar-refractivity contribution is 7.99. The molecule has 2 aromatic carbocycles. The van der Waals surface area contributed by atoms with Crippen LogP contribution in [0.15, 0.2) is 58.5 Å². The number of fused-ring (bicyclic) bond motifs is 1. The van der Waals surface area contributed by atoms with Crippen LogP contribution in [-0.2, 0) is 14.3 Å². The van der Waals surface area contributed by atoms with E-state index < -0.39 is 11.6 Å². The summed E-state index contributed by atoms with van der Waals surface area (Å²) >= 11 is 1.36. The minimum absolute atomic E-state index is 0.103. The number of aromatic nitrogens is 2. The Kier molecular flexibility index (Phi) is 6.67. The maximum absolute atomic E-state index is 14.6. The number of thioether (sulfide) groups is 1. The van der Waals surface area contributed by atoms with Gasteiger partial charge in [0.2, 0.25) is 5.91 Å². The van der Waals surface area contributed by atoms with Crippen LogP contribution in [0.25, 0.3) is 16.6 Å². The maximum atomic E-state index is 14.6. The summed E-state index contributed by atoms with van der Waals surface area (Å²) in [6.07, 6.45) is 2.42. The third-order valence-electron chi connectivity index (χ3n) is 6.30. The summed E-state index contributed by atoms with van der Waals surface area (Å²) in [5.74, 6) is -0.303. The van der Waals surface area contributed by atoms with Gasteiger partial charge in [0, 0.05) is 38.1 Å². The smallest absolute Gasteiger partial charge is 0.266 e. The Morgan fingerprint density at radius 3 is 2.53 bits per heavy atom. The number of para-hydroxylation sites is 2. The number of carbonyl (C=O) groups excluding carboxylic acids is 1. The summed E-state index contributed by atoms with van der Waals surface area (Å²) in [5.41, 5.74) is 0.424. The average Bonchev–Trinajstić information content (AvgIpc) is 3.31. The van der Waals surface area contributed by atoms with E-state index in [1.807, 2.05) is 11.0 Å². The molecule has 0 radical (unpaired) electrons. The van der Waals surface area contributed by atoms with Crippen molar-refractivity contribution >= 4 is 28.6 Å². The lowest BCUT2D eigenvalue weighted by atomic mass is 10.0. The monoisotopic (exact) mass is 483 g/mol. The van der Waals surface area contributed by atoms with Gasteiger partial charge in [0.1, 0.15) is 5.82 Å². The van der Waals surface area contributed by atoms with Crippen molar-refractivity contribution in [1.29, 1.82) is 0 Å². The molecule has 0 saturated carbocycles. The van der Waals surface area contributed by atoms with E-state index in [-0.39, 0.29) is 17.2 Å². The lowest BCUT2D eigenvalue weighted by molar-refractivity contribution is -0.187. The quantitative estimate of drug-likeness (QED) is 0.302. The van der Waals surface area contributed by atoms with E-state index in [1.54, 1.807) is 36.4 Å². The molecule has 1 aromatic heterocycles. The van der Waals surface area contributed by atoms with Crippen LogP contribution in [0.2, 0.25) is 0 Å². The molecule has 2 saturated heterocycles. The molecule has 0 N–H and O–H groups in total. The van der Waals surface area contributed by atoms with Crippen molar-refractivity contribution in [2.75, 3.05) is 32.1 Å². The molecule has 2 aliphatic heterocycles. The first kappa shape index (κ1) is 23.0. The van der Waals surface area contributed by atoms with Gasteiger partial charge in [-0.1, -0.05) is 36.0 Å². The Balaban J connectivity index is 1.26. The van der Waals surface area contributed by atoms with Crippen LogP contribution in [-0.4, -0.2) is 58.2 Å². The highest BCUT2D eigenvalue weighted by Crippen LogP contribution is 2.31. The highest BCUT2D eigenvalue weighted by Gasteiger charge is 2.40. The normalized spacial score (nSPS) is 17.5. The van der Waals surface area contributed by atoms with E-state index in [0.29, 0.717) is 73.8 Å². The fourth-order valence-corrected chi connectivity index (χ4v) is 5.43. The summed E-state index contributed by atoms with van der Waals surface area (Å²) in [6.45, 7) is 2.49. The molecule has 3 heterocycles. The Labute approximate surface area is 200 Å². The molecule has 7 nitrogen and oxygen atoms in total. The minimum Gasteiger partial charge on any atom is -0.347 e. The molecule has 3 aromatic rings. The van der Waals surface area contributed by atoms with Crippen molar-refractivity contribution < 1.29 is 18.7 Å². The number of ether oxygens (including phenoxy) is 2. The van der Waals surface area contributed by atoms with Crippen molar-refractivity contribution in [3.8, 4) is 5.69 Å². The fourth-order valence-electron chi connectivity index (χ4n) is 4.48. The van der Waals surface area contributed by atoms with Crippen LogP contribution < -0.4 is 5.56 Å². The molecule has 0 atom stereocenters. The number of rotatable bonds is 6. The molecule has 5 rings (SSSR count). The van der Waals surface area contributed by atoms with Gasteiger partial charge in [0.25, 0.3) is 5.56 Å². The van der Waals surface area contributed by atoms with Gasteiger partial charge in [0.05, 0.1) is 29.8 Å². The van der Waals surface area contributed by atoms with Crippen molar-refractivity contribution in [3.05, 3.63) is 64.7 Å². The van der Waals surface area contributed by atoms with E-state index >= 15 is 0 Å². The van der Waals surface area contributed by atoms with Crippen LogP contribution in [0.1, 0.15) is 25.7 Å². The summed E-state index contributed by atoms with van der Waals surface area (Å²) in [6, 6.07) is 13.2. The SMILES string of the molecule is O=C(CCCSc1nc2ccccc2c(=O)n1-c1ccccc1F)N1CCC2(CC1)OCCO2. The molecule has 2 aliphatic rings. The van der Waals surface area contributed by atoms with Crippen molar-refractivity contribution in [3.63, 3.8) is 0 Å². The van der Waals surface area contributed by atoms with Crippen LogP contribution >= 0.6 is 11.8 Å². The first-order valence-corrected chi connectivity index (χ1v) is 12.5. The number of hydrogen-bond donors (Lipinski definition) is 0. The van der Waals surface area contributed by atoms with Crippen LogP contribution in [0.5, 0.6) is 0 Å². The van der Waals surface area contributed by atoms with E-state index in [1.165, 1.54) is 22.4 Å². The number of amides is 1. The number of nitrogens with zero attached hydrogens (tertiary/aromatic N) is 3. The van der Waals surface area contributed by atoms with Crippen LogP contribution in [0.4, 0.5) is 4.39 Å². The maximum Gasteiger partial charge on any atom is 0.266 e. The molecule has 0 bridgehead atoms. The van der Waals surface area contributed by atoms with Gasteiger partial charge in [-0.2, -0.15) is 0 Å². The van der Waals surface area contributed by atoms with Crippen molar-refractivity contribution in [2.45, 2.75) is 36.6 Å². The number of halogens is 1. The number of likely N-dealkylation sites (tertiary alicyclic amines) is 1. The number of hydrogen-bond acceptors (Lipinski definition) is 6. The van der Waals surface area contributed by atoms with Gasteiger partial charge in [-0.25, -0.2) is 9.37 Å². The largest absolute Gasteiger partial charge is 0.347 e. The zero-order valence-electron chi connectivity index (χ0n) is 18.7. The minimum atomic E-state index is -0.495. The van der Waals surface area contributed by atoms with Crippen LogP contribution in [0.3, 0.4) is 0 Å². The van der Waals surface area contributed by atoms with Gasteiger partial charge in [-0.15, -0.1) is 0 Å². The first-order chi connectivity index (χ1) is 16.6. The number of piperidine rings is 1. The Morgan fingerprint density at radius 2 is 1.76 bits per heavy atom. The molecule has 9 heteroatoms. The zero-order valence-corrected chi connectivity index (χ0v) is 19.6. The predicted octanol–water partition coefficient (Wildman–Crippen LogP) is 3.76. The number of benzene rings is 2. The average molecular weight is 484 g/mol. The molecular formula is C25H26FN3O4S. The predicted molar refractivity (Wildman–Crippen MR) is 128 cm³/mol. The zero-order chi connectivity index (χ0) is 23.5. The van der Waals surface area contributed by atoms with E-state index in [2.05, 4.69) is 4.98 Å². The summed E-state index contributed by atoms with van der Waals surface area (Å²) in [4.78, 5) is 32.4. The Morgan fingerprint density at radius 1 is 1.06 bits per heavy atom. The third-order valence-corrected chi connectivity index (χ3v) is 7.32. The lowest BCUT2D eigenvalue weighted by Crippen LogP contribution is -2.47. The second-order valence-electron chi connectivity index (χ2n) is 8.44. The first-order valence-electron chi connectivity index (χ1n) is 11.5. The molecule has 178 valence electrons. The summed E-state index contributed by atoms with van der Waals surface area (Å²) < 4.78 is 27.4.